The monoisotopic (exact) mass is 615 g/mol. The molecule has 0 radical (unpaired) electrons. The Balaban J connectivity index is 1.18. The van der Waals surface area contributed by atoms with Gasteiger partial charge in [0.25, 0.3) is 0 Å². The van der Waals surface area contributed by atoms with E-state index in [4.69, 9.17) is 20.2 Å². The smallest absolute Gasteiger partial charge is 0.410 e. The van der Waals surface area contributed by atoms with Gasteiger partial charge in [0.05, 0.1) is 6.04 Å². The SMILES string of the molecule is C[C@H]1CNC(c2ccc(Oc3ccc(-c4nc(C5CCC(=O)CC5)n5ncnc(N)c45)c(F)c3)cc2)CN1C(=O)OC(C)(C)C. The zero-order valence-electron chi connectivity index (χ0n) is 25.9. The summed E-state index contributed by atoms with van der Waals surface area (Å²) in [6.07, 6.45) is 3.31. The Labute approximate surface area is 260 Å². The maximum atomic E-state index is 15.6. The molecule has 4 aromatic rings. The average molecular weight is 616 g/mol. The minimum absolute atomic E-state index is 0.00484. The summed E-state index contributed by atoms with van der Waals surface area (Å²) >= 11 is 0. The van der Waals surface area contributed by atoms with Crippen LogP contribution in [0.4, 0.5) is 15.0 Å². The van der Waals surface area contributed by atoms with E-state index < -0.39 is 11.4 Å². The van der Waals surface area contributed by atoms with Crippen LogP contribution in [-0.2, 0) is 9.53 Å². The number of anilines is 1. The van der Waals surface area contributed by atoms with Gasteiger partial charge in [0.15, 0.2) is 5.82 Å². The third-order valence-corrected chi connectivity index (χ3v) is 8.31. The number of nitrogens with zero attached hydrogens (tertiary/aromatic N) is 5. The number of hydrogen-bond acceptors (Lipinski definition) is 9. The molecule has 1 unspecified atom stereocenters. The van der Waals surface area contributed by atoms with Gasteiger partial charge in [-0.1, -0.05) is 12.1 Å². The number of amides is 1. The Bertz CT molecular complexity index is 1720. The lowest BCUT2D eigenvalue weighted by molar-refractivity contribution is -0.120. The predicted molar refractivity (Wildman–Crippen MR) is 166 cm³/mol. The van der Waals surface area contributed by atoms with Crippen LogP contribution in [0.5, 0.6) is 11.5 Å². The number of nitrogen functional groups attached to an aromatic ring is 1. The van der Waals surface area contributed by atoms with Gasteiger partial charge in [-0.05, 0) is 70.4 Å². The van der Waals surface area contributed by atoms with Crippen molar-refractivity contribution in [3.8, 4) is 22.8 Å². The minimum atomic E-state index is -0.567. The third-order valence-electron chi connectivity index (χ3n) is 8.31. The van der Waals surface area contributed by atoms with Gasteiger partial charge in [-0.3, -0.25) is 4.79 Å². The summed E-state index contributed by atoms with van der Waals surface area (Å²) < 4.78 is 28.9. The predicted octanol–water partition coefficient (Wildman–Crippen LogP) is 5.80. The van der Waals surface area contributed by atoms with E-state index in [2.05, 4.69) is 15.4 Å². The minimum Gasteiger partial charge on any atom is -0.457 e. The molecule has 1 saturated heterocycles. The van der Waals surface area contributed by atoms with E-state index in [1.165, 1.54) is 12.4 Å². The first-order chi connectivity index (χ1) is 21.5. The van der Waals surface area contributed by atoms with E-state index in [-0.39, 0.29) is 41.3 Å². The van der Waals surface area contributed by atoms with Gasteiger partial charge in [0, 0.05) is 49.5 Å². The Hall–Kier alpha value is -4.58. The molecule has 2 aromatic heterocycles. The lowest BCUT2D eigenvalue weighted by atomic mass is 9.88. The number of piperazine rings is 1. The zero-order valence-corrected chi connectivity index (χ0v) is 25.9. The summed E-state index contributed by atoms with van der Waals surface area (Å²) in [6, 6.07) is 12.0. The molecule has 1 aliphatic heterocycles. The maximum Gasteiger partial charge on any atom is 0.410 e. The molecule has 12 heteroatoms. The van der Waals surface area contributed by atoms with Crippen molar-refractivity contribution in [2.45, 2.75) is 77.0 Å². The maximum absolute atomic E-state index is 15.6. The molecule has 2 aliphatic rings. The van der Waals surface area contributed by atoms with E-state index in [1.807, 2.05) is 52.0 Å². The van der Waals surface area contributed by atoms with Crippen molar-refractivity contribution in [1.29, 1.82) is 0 Å². The molecule has 2 aromatic carbocycles. The zero-order chi connectivity index (χ0) is 31.9. The van der Waals surface area contributed by atoms with Crippen LogP contribution in [0.3, 0.4) is 0 Å². The Kier molecular flexibility index (Phi) is 8.17. The molecule has 1 amide bonds. The van der Waals surface area contributed by atoms with E-state index in [0.29, 0.717) is 67.3 Å². The van der Waals surface area contributed by atoms with Crippen LogP contribution < -0.4 is 15.8 Å². The van der Waals surface area contributed by atoms with Gasteiger partial charge in [-0.2, -0.15) is 5.10 Å². The molecular formula is C33H38FN7O4. The summed E-state index contributed by atoms with van der Waals surface area (Å²) in [6.45, 7) is 8.68. The lowest BCUT2D eigenvalue weighted by Gasteiger charge is -2.39. The topological polar surface area (TPSA) is 137 Å². The van der Waals surface area contributed by atoms with Crippen LogP contribution in [0, 0.1) is 5.82 Å². The van der Waals surface area contributed by atoms with Gasteiger partial charge in [-0.15, -0.1) is 0 Å². The number of fused-ring (bicyclic) bond motifs is 1. The number of carbonyl (C=O) groups excluding carboxylic acids is 2. The van der Waals surface area contributed by atoms with Crippen LogP contribution in [0.2, 0.25) is 0 Å². The number of rotatable bonds is 5. The molecule has 236 valence electrons. The standard InChI is InChI=1S/C33H38FN7O4/c1-19-16-36-27(17-40(19)32(43)45-33(2,3)4)20-7-11-23(12-8-20)44-24-13-14-25(26(34)15-24)28-29-30(35)37-18-38-41(29)31(39-28)21-5-9-22(42)10-6-21/h7-8,11-15,18-19,21,27,36H,5-6,9-10,16-17H2,1-4H3,(H2,35,37,38)/t19-,27?/m0/s1. The second kappa shape index (κ2) is 12.1. The molecule has 1 saturated carbocycles. The first-order valence-electron chi connectivity index (χ1n) is 15.3. The highest BCUT2D eigenvalue weighted by atomic mass is 19.1. The van der Waals surface area contributed by atoms with Crippen molar-refractivity contribution in [2.24, 2.45) is 0 Å². The van der Waals surface area contributed by atoms with Crippen molar-refractivity contribution >= 4 is 23.2 Å². The molecule has 11 nitrogen and oxygen atoms in total. The van der Waals surface area contributed by atoms with Crippen LogP contribution in [0.25, 0.3) is 16.8 Å². The number of Topliss-reactive ketones (excluding diaryl/α,β-unsaturated/α-hetero) is 1. The van der Waals surface area contributed by atoms with E-state index >= 15 is 4.39 Å². The number of ether oxygens (including phenoxy) is 2. The van der Waals surface area contributed by atoms with Crippen molar-refractivity contribution in [1.82, 2.24) is 29.8 Å². The van der Waals surface area contributed by atoms with Crippen molar-refractivity contribution in [3.05, 3.63) is 66.0 Å². The fourth-order valence-electron chi connectivity index (χ4n) is 5.95. The van der Waals surface area contributed by atoms with Crippen molar-refractivity contribution < 1.29 is 23.5 Å². The Morgan fingerprint density at radius 3 is 2.49 bits per heavy atom. The first-order valence-corrected chi connectivity index (χ1v) is 15.3. The molecule has 2 fully saturated rings. The Morgan fingerprint density at radius 1 is 1.09 bits per heavy atom. The van der Waals surface area contributed by atoms with E-state index in [9.17, 15) is 9.59 Å². The molecule has 1 aliphatic carbocycles. The molecule has 45 heavy (non-hydrogen) atoms. The highest BCUT2D eigenvalue weighted by Gasteiger charge is 2.33. The van der Waals surface area contributed by atoms with Crippen LogP contribution in [0.15, 0.2) is 48.8 Å². The number of ketones is 1. The normalized spacial score (nSPS) is 19.6. The van der Waals surface area contributed by atoms with E-state index in [0.717, 1.165) is 5.56 Å². The second-order valence-corrected chi connectivity index (χ2v) is 12.8. The summed E-state index contributed by atoms with van der Waals surface area (Å²) in [5.41, 5.74) is 7.68. The van der Waals surface area contributed by atoms with Gasteiger partial charge in [0.1, 0.15) is 52.1 Å². The summed E-state index contributed by atoms with van der Waals surface area (Å²) in [5, 5.41) is 7.85. The van der Waals surface area contributed by atoms with Crippen molar-refractivity contribution in [2.75, 3.05) is 18.8 Å². The molecule has 3 heterocycles. The highest BCUT2D eigenvalue weighted by molar-refractivity contribution is 5.85. The number of imidazole rings is 1. The van der Waals surface area contributed by atoms with Crippen molar-refractivity contribution in [3.63, 3.8) is 0 Å². The number of aromatic nitrogens is 4. The quantitative estimate of drug-likeness (QED) is 0.285. The van der Waals surface area contributed by atoms with Gasteiger partial charge < -0.3 is 25.4 Å². The van der Waals surface area contributed by atoms with E-state index in [1.54, 1.807) is 21.5 Å². The fourth-order valence-corrected chi connectivity index (χ4v) is 5.95. The fraction of sp³-hybridized carbons (Fsp3) is 0.424. The average Bonchev–Trinajstić information content (AvgIpc) is 3.38. The van der Waals surface area contributed by atoms with Gasteiger partial charge in [-0.25, -0.2) is 23.7 Å². The second-order valence-electron chi connectivity index (χ2n) is 12.8. The number of carbonyl (C=O) groups is 2. The number of benzene rings is 2. The summed E-state index contributed by atoms with van der Waals surface area (Å²) in [5.74, 6) is 1.43. The molecule has 2 atom stereocenters. The number of nitrogens with two attached hydrogens (primary N) is 1. The Morgan fingerprint density at radius 2 is 1.80 bits per heavy atom. The van der Waals surface area contributed by atoms with Crippen LogP contribution in [-0.4, -0.2) is 61.1 Å². The molecule has 3 N–H and O–H groups in total. The van der Waals surface area contributed by atoms with Crippen LogP contribution in [0.1, 0.15) is 76.7 Å². The molecule has 0 bridgehead atoms. The van der Waals surface area contributed by atoms with Gasteiger partial charge in [0.2, 0.25) is 0 Å². The third kappa shape index (κ3) is 6.46. The molecular weight excluding hydrogens is 577 g/mol. The largest absolute Gasteiger partial charge is 0.457 e. The number of hydrogen-bond donors (Lipinski definition) is 2. The highest BCUT2D eigenvalue weighted by Crippen LogP contribution is 2.37. The number of nitrogens with one attached hydrogen (secondary N) is 1. The molecule has 6 rings (SSSR count). The summed E-state index contributed by atoms with van der Waals surface area (Å²) in [4.78, 5) is 35.2. The summed E-state index contributed by atoms with van der Waals surface area (Å²) in [7, 11) is 0. The number of halogens is 1. The lowest BCUT2D eigenvalue weighted by Crippen LogP contribution is -2.54. The van der Waals surface area contributed by atoms with Gasteiger partial charge >= 0.3 is 6.09 Å². The first kappa shape index (κ1) is 30.4. The molecule has 0 spiro atoms. The van der Waals surface area contributed by atoms with Crippen LogP contribution >= 0.6 is 0 Å².